The molecule has 148 valence electrons. The van der Waals surface area contributed by atoms with Crippen LogP contribution in [0.4, 0.5) is 5.69 Å². The van der Waals surface area contributed by atoms with Gasteiger partial charge < -0.3 is 27.1 Å². The first-order valence-corrected chi connectivity index (χ1v) is 9.02. The summed E-state index contributed by atoms with van der Waals surface area (Å²) in [6, 6.07) is 5.61. The second-order valence-electron chi connectivity index (χ2n) is 6.52. The average molecular weight is 382 g/mol. The molecule has 0 unspecified atom stereocenters. The Balaban J connectivity index is 2.48. The zero-order valence-corrected chi connectivity index (χ0v) is 16.3. The Morgan fingerprint density at radius 1 is 1.32 bits per heavy atom. The number of hydrogen-bond donors (Lipinski definition) is 5. The third kappa shape index (κ3) is 4.85. The van der Waals surface area contributed by atoms with E-state index in [1.54, 1.807) is 7.05 Å². The van der Waals surface area contributed by atoms with Crippen molar-refractivity contribution in [2.24, 2.45) is 5.73 Å². The van der Waals surface area contributed by atoms with Crippen LogP contribution in [0.15, 0.2) is 30.6 Å². The fourth-order valence-corrected chi connectivity index (χ4v) is 2.73. The van der Waals surface area contributed by atoms with Crippen LogP contribution in [0.1, 0.15) is 36.2 Å². The molecule has 0 bridgehead atoms. The van der Waals surface area contributed by atoms with Gasteiger partial charge in [0.2, 0.25) is 5.91 Å². The van der Waals surface area contributed by atoms with Gasteiger partial charge >= 0.3 is 0 Å². The lowest BCUT2D eigenvalue weighted by molar-refractivity contribution is -0.120. The molecule has 0 aliphatic rings. The van der Waals surface area contributed by atoms with Gasteiger partial charge in [0, 0.05) is 55.6 Å². The Morgan fingerprint density at radius 2 is 2.07 bits per heavy atom. The zero-order valence-electron chi connectivity index (χ0n) is 16.3. The number of pyridine rings is 1. The molecule has 0 atom stereocenters. The molecule has 1 aromatic heterocycles. The number of aromatic nitrogens is 1. The predicted octanol–water partition coefficient (Wildman–Crippen LogP) is 1.87. The molecule has 8 nitrogen and oxygen atoms in total. The summed E-state index contributed by atoms with van der Waals surface area (Å²) in [6.45, 7) is 4.18. The number of carbonyl (C=O) groups is 2. The molecule has 0 aliphatic carbocycles. The minimum Gasteiger partial charge on any atom is -0.404 e. The van der Waals surface area contributed by atoms with Crippen molar-refractivity contribution in [2.75, 3.05) is 18.9 Å². The summed E-state index contributed by atoms with van der Waals surface area (Å²) in [4.78, 5) is 28.4. The summed E-state index contributed by atoms with van der Waals surface area (Å²) >= 11 is 0. The van der Waals surface area contributed by atoms with Gasteiger partial charge in [-0.15, -0.1) is 0 Å². The van der Waals surface area contributed by atoms with Gasteiger partial charge in [0.15, 0.2) is 0 Å². The molecule has 2 aromatic rings. The zero-order chi connectivity index (χ0) is 20.7. The quantitative estimate of drug-likeness (QED) is 0.445. The van der Waals surface area contributed by atoms with Gasteiger partial charge in [-0.1, -0.05) is 6.07 Å². The number of hydrogen-bond acceptors (Lipinski definition) is 6. The number of nitrogens with zero attached hydrogens (tertiary/aromatic N) is 1. The van der Waals surface area contributed by atoms with Crippen LogP contribution in [0.5, 0.6) is 0 Å². The van der Waals surface area contributed by atoms with E-state index in [0.29, 0.717) is 16.8 Å². The lowest BCUT2D eigenvalue weighted by atomic mass is 10.0. The topological polar surface area (TPSA) is 133 Å². The molecular formula is C20H26N6O2. The van der Waals surface area contributed by atoms with Crippen LogP contribution in [-0.4, -0.2) is 42.6 Å². The smallest absolute Gasteiger partial charge is 0.254 e. The Labute approximate surface area is 164 Å². The molecular weight excluding hydrogens is 356 g/mol. The molecule has 2 rings (SSSR count). The van der Waals surface area contributed by atoms with Gasteiger partial charge in [-0.2, -0.15) is 0 Å². The molecule has 8 heteroatoms. The predicted molar refractivity (Wildman–Crippen MR) is 112 cm³/mol. The van der Waals surface area contributed by atoms with E-state index in [9.17, 15) is 9.59 Å². The van der Waals surface area contributed by atoms with Crippen LogP contribution >= 0.6 is 0 Å². The standard InChI is InChI=1S/C20H26N6O2/c1-12(2)26-19-15-8-13(14(9-21)10-22)4-5-17(15)25-11-16(19)20(28)24-7-6-18(27)23-3/h4-5,8-12,21H,6-7,22H2,1-3H3,(H,23,27)(H,24,28)(H,25,26)/b14-10+,21-9?. The van der Waals surface area contributed by atoms with E-state index in [0.717, 1.165) is 16.5 Å². The summed E-state index contributed by atoms with van der Waals surface area (Å²) in [5.74, 6) is -0.455. The third-order valence-electron chi connectivity index (χ3n) is 4.13. The average Bonchev–Trinajstić information content (AvgIpc) is 2.68. The van der Waals surface area contributed by atoms with E-state index in [2.05, 4.69) is 20.9 Å². The minimum atomic E-state index is -0.312. The molecule has 6 N–H and O–H groups in total. The Hall–Kier alpha value is -3.42. The fourth-order valence-electron chi connectivity index (χ4n) is 2.73. The van der Waals surface area contributed by atoms with Crippen LogP contribution in [0.3, 0.4) is 0 Å². The van der Waals surface area contributed by atoms with Crippen LogP contribution < -0.4 is 21.7 Å². The van der Waals surface area contributed by atoms with Gasteiger partial charge in [-0.3, -0.25) is 14.6 Å². The SMILES string of the molecule is CNC(=O)CCNC(=O)c1cnc2ccc(/C(C=N)=C/N)cc2c1NC(C)C. The Bertz CT molecular complexity index is 920. The number of amides is 2. The van der Waals surface area contributed by atoms with Crippen molar-refractivity contribution in [1.29, 1.82) is 5.41 Å². The van der Waals surface area contributed by atoms with Crippen LogP contribution in [0, 0.1) is 5.41 Å². The molecule has 28 heavy (non-hydrogen) atoms. The summed E-state index contributed by atoms with van der Waals surface area (Å²) in [6.07, 6.45) is 4.27. The molecule has 0 spiro atoms. The van der Waals surface area contributed by atoms with Crippen LogP contribution in [0.25, 0.3) is 16.5 Å². The largest absolute Gasteiger partial charge is 0.404 e. The van der Waals surface area contributed by atoms with Crippen LogP contribution in [0.2, 0.25) is 0 Å². The number of benzene rings is 1. The highest BCUT2D eigenvalue weighted by atomic mass is 16.2. The first-order chi connectivity index (χ1) is 13.4. The van der Waals surface area contributed by atoms with Crippen LogP contribution in [-0.2, 0) is 4.79 Å². The number of rotatable bonds is 8. The van der Waals surface area contributed by atoms with E-state index in [-0.39, 0.29) is 30.8 Å². The summed E-state index contributed by atoms with van der Waals surface area (Å²) in [5, 5.41) is 16.9. The van der Waals surface area contributed by atoms with Crippen molar-refractivity contribution < 1.29 is 9.59 Å². The van der Waals surface area contributed by atoms with Gasteiger partial charge in [0.05, 0.1) is 16.8 Å². The molecule has 1 aromatic carbocycles. The highest BCUT2D eigenvalue weighted by Gasteiger charge is 2.17. The third-order valence-corrected chi connectivity index (χ3v) is 4.13. The first-order valence-electron chi connectivity index (χ1n) is 9.02. The number of allylic oxidation sites excluding steroid dienone is 1. The molecule has 0 radical (unpaired) electrons. The summed E-state index contributed by atoms with van der Waals surface area (Å²) in [7, 11) is 1.55. The van der Waals surface area contributed by atoms with Crippen molar-refractivity contribution in [3.63, 3.8) is 0 Å². The van der Waals surface area contributed by atoms with E-state index >= 15 is 0 Å². The Kier molecular flexibility index (Phi) is 7.08. The maximum absolute atomic E-state index is 12.7. The van der Waals surface area contributed by atoms with Crippen molar-refractivity contribution in [3.05, 3.63) is 41.7 Å². The molecule has 0 fully saturated rings. The molecule has 0 saturated heterocycles. The number of anilines is 1. The number of nitrogens with one attached hydrogen (secondary N) is 4. The van der Waals surface area contributed by atoms with Crippen molar-refractivity contribution >= 4 is 40.2 Å². The molecule has 0 saturated carbocycles. The van der Waals surface area contributed by atoms with Gasteiger partial charge in [0.1, 0.15) is 0 Å². The normalized spacial score (nSPS) is 11.4. The number of carbonyl (C=O) groups excluding carboxylic acids is 2. The van der Waals surface area contributed by atoms with E-state index in [4.69, 9.17) is 11.1 Å². The van der Waals surface area contributed by atoms with E-state index in [1.807, 2.05) is 32.0 Å². The number of fused-ring (bicyclic) bond motifs is 1. The van der Waals surface area contributed by atoms with Gasteiger partial charge in [-0.25, -0.2) is 0 Å². The first kappa shape index (κ1) is 20.9. The fraction of sp³-hybridized carbons (Fsp3) is 0.300. The van der Waals surface area contributed by atoms with Crippen molar-refractivity contribution in [2.45, 2.75) is 26.3 Å². The van der Waals surface area contributed by atoms with E-state index in [1.165, 1.54) is 18.6 Å². The summed E-state index contributed by atoms with van der Waals surface area (Å²) < 4.78 is 0. The second-order valence-corrected chi connectivity index (χ2v) is 6.52. The minimum absolute atomic E-state index is 0.0823. The number of nitrogens with two attached hydrogens (primary N) is 1. The lowest BCUT2D eigenvalue weighted by Gasteiger charge is -2.17. The van der Waals surface area contributed by atoms with Crippen molar-refractivity contribution in [1.82, 2.24) is 15.6 Å². The molecule has 2 amide bonds. The monoisotopic (exact) mass is 382 g/mol. The Morgan fingerprint density at radius 3 is 2.68 bits per heavy atom. The maximum Gasteiger partial charge on any atom is 0.254 e. The van der Waals surface area contributed by atoms with Gasteiger partial charge in [-0.05, 0) is 31.5 Å². The summed E-state index contributed by atoms with van der Waals surface area (Å²) in [5.41, 5.74) is 8.70. The highest BCUT2D eigenvalue weighted by molar-refractivity contribution is 6.11. The van der Waals surface area contributed by atoms with Crippen molar-refractivity contribution in [3.8, 4) is 0 Å². The molecule has 1 heterocycles. The maximum atomic E-state index is 12.7. The lowest BCUT2D eigenvalue weighted by Crippen LogP contribution is -2.30. The van der Waals surface area contributed by atoms with E-state index < -0.39 is 0 Å². The second kappa shape index (κ2) is 9.50. The highest BCUT2D eigenvalue weighted by Crippen LogP contribution is 2.29. The molecule has 0 aliphatic heterocycles. The van der Waals surface area contributed by atoms with Gasteiger partial charge in [0.25, 0.3) is 5.91 Å².